The van der Waals surface area contributed by atoms with E-state index in [1.165, 1.54) is 26.0 Å². The molecule has 3 aromatic rings. The lowest BCUT2D eigenvalue weighted by molar-refractivity contribution is -0.136. The van der Waals surface area contributed by atoms with Gasteiger partial charge in [0.15, 0.2) is 17.3 Å². The third-order valence-corrected chi connectivity index (χ3v) is 5.30. The van der Waals surface area contributed by atoms with Crippen LogP contribution in [0.25, 0.3) is 0 Å². The number of nitrogens with zero attached hydrogens (tertiary/aromatic N) is 4. The predicted molar refractivity (Wildman–Crippen MR) is 120 cm³/mol. The first kappa shape index (κ1) is 22.8. The number of Topliss-reactive ketones (excluding diaryl/α,β-unsaturated/α-hetero) is 1. The summed E-state index contributed by atoms with van der Waals surface area (Å²) in [6, 6.07) is 11.0. The second kappa shape index (κ2) is 9.61. The number of aromatic nitrogens is 4. The zero-order valence-electron chi connectivity index (χ0n) is 19.1. The van der Waals surface area contributed by atoms with Crippen molar-refractivity contribution in [2.45, 2.75) is 13.0 Å². The Labute approximate surface area is 195 Å². The second-order valence-electron chi connectivity index (χ2n) is 7.16. The molecule has 1 N–H and O–H groups in total. The van der Waals surface area contributed by atoms with Crippen molar-refractivity contribution in [2.24, 2.45) is 0 Å². The number of carbonyl (C=O) groups excluding carboxylic acids is 2. The smallest absolute Gasteiger partial charge is 0.355 e. The third-order valence-electron chi connectivity index (χ3n) is 5.30. The van der Waals surface area contributed by atoms with Gasteiger partial charge in [0, 0.05) is 5.56 Å². The van der Waals surface area contributed by atoms with Crippen molar-refractivity contribution < 1.29 is 28.5 Å². The number of tetrazole rings is 1. The maximum atomic E-state index is 13.8. The number of nitrogens with one attached hydrogen (secondary N) is 1. The van der Waals surface area contributed by atoms with Crippen LogP contribution in [-0.4, -0.2) is 59.9 Å². The van der Waals surface area contributed by atoms with Crippen LogP contribution in [0.2, 0.25) is 0 Å². The number of ketones is 1. The molecule has 2 aromatic carbocycles. The van der Waals surface area contributed by atoms with Crippen LogP contribution >= 0.6 is 0 Å². The van der Waals surface area contributed by atoms with Crippen LogP contribution in [0.15, 0.2) is 53.7 Å². The molecule has 0 radical (unpaired) electrons. The molecule has 0 fully saturated rings. The number of allylic oxidation sites excluding steroid dienone is 1. The fourth-order valence-corrected chi connectivity index (χ4v) is 3.74. The topological polar surface area (TPSA) is 127 Å². The molecule has 176 valence electrons. The minimum absolute atomic E-state index is 0.0523. The molecule has 11 heteroatoms. The van der Waals surface area contributed by atoms with E-state index in [1.54, 1.807) is 42.5 Å². The van der Waals surface area contributed by atoms with Gasteiger partial charge in [-0.2, -0.15) is 4.68 Å². The molecule has 2 heterocycles. The SMILES string of the molecule is CCOc1ccc(C(=O)C2=C(C(=O)OC)Nc3nnnn3[C@@H]2c2ccc(OC)c(OC)c2)cc1. The Morgan fingerprint density at radius 2 is 1.76 bits per heavy atom. The Balaban J connectivity index is 1.90. The third kappa shape index (κ3) is 4.03. The molecule has 1 aromatic heterocycles. The Morgan fingerprint density at radius 3 is 2.41 bits per heavy atom. The zero-order chi connectivity index (χ0) is 24.2. The van der Waals surface area contributed by atoms with Gasteiger partial charge in [-0.25, -0.2) is 4.79 Å². The van der Waals surface area contributed by atoms with Crippen LogP contribution in [0.4, 0.5) is 5.95 Å². The fourth-order valence-electron chi connectivity index (χ4n) is 3.74. The van der Waals surface area contributed by atoms with E-state index in [9.17, 15) is 9.59 Å². The summed E-state index contributed by atoms with van der Waals surface area (Å²) in [6.45, 7) is 2.37. The van der Waals surface area contributed by atoms with Gasteiger partial charge < -0.3 is 24.3 Å². The number of hydrogen-bond acceptors (Lipinski definition) is 10. The molecular formula is C23H23N5O6. The number of rotatable bonds is 8. The van der Waals surface area contributed by atoms with E-state index in [0.717, 1.165) is 0 Å². The van der Waals surface area contributed by atoms with E-state index in [0.29, 0.717) is 35.0 Å². The number of esters is 1. The minimum Gasteiger partial charge on any atom is -0.494 e. The number of ether oxygens (including phenoxy) is 4. The Bertz CT molecular complexity index is 1250. The van der Waals surface area contributed by atoms with Gasteiger partial charge in [-0.1, -0.05) is 11.2 Å². The lowest BCUT2D eigenvalue weighted by Crippen LogP contribution is -2.33. The van der Waals surface area contributed by atoms with Crippen molar-refractivity contribution in [3.63, 3.8) is 0 Å². The minimum atomic E-state index is -0.848. The zero-order valence-corrected chi connectivity index (χ0v) is 19.1. The largest absolute Gasteiger partial charge is 0.494 e. The standard InChI is InChI=1S/C23H23N5O6/c1-5-34-15-9-6-13(7-10-15)21(29)18-19(22(30)33-4)24-23-25-26-27-28(23)20(18)14-8-11-16(31-2)17(12-14)32-3/h6-12,20H,5H2,1-4H3,(H,24,25,27)/t20-/m1/s1. The highest BCUT2D eigenvalue weighted by atomic mass is 16.5. The highest BCUT2D eigenvalue weighted by Crippen LogP contribution is 2.39. The van der Waals surface area contributed by atoms with E-state index in [1.807, 2.05) is 6.92 Å². The van der Waals surface area contributed by atoms with E-state index >= 15 is 0 Å². The van der Waals surface area contributed by atoms with E-state index in [2.05, 4.69) is 20.8 Å². The van der Waals surface area contributed by atoms with Crippen molar-refractivity contribution in [1.82, 2.24) is 20.2 Å². The summed E-state index contributed by atoms with van der Waals surface area (Å²) >= 11 is 0. The average Bonchev–Trinajstić information content (AvgIpc) is 3.35. The number of methoxy groups -OCH3 is 3. The first-order valence-corrected chi connectivity index (χ1v) is 10.4. The number of carbonyl (C=O) groups is 2. The quantitative estimate of drug-likeness (QED) is 0.391. The van der Waals surface area contributed by atoms with E-state index in [4.69, 9.17) is 18.9 Å². The molecule has 0 amide bonds. The number of hydrogen-bond donors (Lipinski definition) is 1. The predicted octanol–water partition coefficient (Wildman–Crippen LogP) is 2.41. The van der Waals surface area contributed by atoms with E-state index < -0.39 is 17.8 Å². The molecule has 4 rings (SSSR count). The molecule has 11 nitrogen and oxygen atoms in total. The molecule has 0 saturated heterocycles. The van der Waals surface area contributed by atoms with Gasteiger partial charge in [0.1, 0.15) is 17.5 Å². The van der Waals surface area contributed by atoms with Gasteiger partial charge >= 0.3 is 5.97 Å². The van der Waals surface area contributed by atoms with Crippen molar-refractivity contribution in [2.75, 3.05) is 33.3 Å². The highest BCUT2D eigenvalue weighted by molar-refractivity contribution is 6.15. The van der Waals surface area contributed by atoms with Crippen LogP contribution in [0.5, 0.6) is 17.2 Å². The summed E-state index contributed by atoms with van der Waals surface area (Å²) < 4.78 is 22.6. The summed E-state index contributed by atoms with van der Waals surface area (Å²) in [4.78, 5) is 26.6. The number of benzene rings is 2. The van der Waals surface area contributed by atoms with Crippen LogP contribution in [-0.2, 0) is 9.53 Å². The summed E-state index contributed by atoms with van der Waals surface area (Å²) in [7, 11) is 4.27. The Morgan fingerprint density at radius 1 is 1.03 bits per heavy atom. The lowest BCUT2D eigenvalue weighted by atomic mass is 9.89. The molecule has 1 atom stereocenters. The molecular weight excluding hydrogens is 442 g/mol. The summed E-state index contributed by atoms with van der Waals surface area (Å²) in [5.74, 6) is 0.630. The van der Waals surface area contributed by atoms with Crippen molar-refractivity contribution >= 4 is 17.7 Å². The molecule has 1 aliphatic heterocycles. The fraction of sp³-hybridized carbons (Fsp3) is 0.261. The maximum absolute atomic E-state index is 13.8. The van der Waals surface area contributed by atoms with Crippen molar-refractivity contribution in [3.8, 4) is 17.2 Å². The van der Waals surface area contributed by atoms with Crippen LogP contribution < -0.4 is 19.5 Å². The lowest BCUT2D eigenvalue weighted by Gasteiger charge is -2.28. The summed E-state index contributed by atoms with van der Waals surface area (Å²) in [5.41, 5.74) is 1.01. The highest BCUT2D eigenvalue weighted by Gasteiger charge is 2.39. The van der Waals surface area contributed by atoms with Gasteiger partial charge in [0.05, 0.1) is 33.5 Å². The number of fused-ring (bicyclic) bond motifs is 1. The summed E-state index contributed by atoms with van der Waals surface area (Å²) in [5, 5.41) is 14.6. The van der Waals surface area contributed by atoms with Crippen LogP contribution in [0, 0.1) is 0 Å². The normalized spacial score (nSPS) is 14.6. The molecule has 0 unspecified atom stereocenters. The first-order valence-electron chi connectivity index (χ1n) is 10.4. The number of anilines is 1. The van der Waals surface area contributed by atoms with Gasteiger partial charge in [-0.15, -0.1) is 0 Å². The molecule has 0 spiro atoms. The molecule has 34 heavy (non-hydrogen) atoms. The van der Waals surface area contributed by atoms with Gasteiger partial charge in [0.25, 0.3) is 0 Å². The van der Waals surface area contributed by atoms with Gasteiger partial charge in [0.2, 0.25) is 5.95 Å². The molecule has 1 aliphatic rings. The Kier molecular flexibility index (Phi) is 6.44. The molecule has 0 saturated carbocycles. The van der Waals surface area contributed by atoms with Crippen molar-refractivity contribution in [1.29, 1.82) is 0 Å². The second-order valence-corrected chi connectivity index (χ2v) is 7.16. The van der Waals surface area contributed by atoms with Gasteiger partial charge in [-0.3, -0.25) is 4.79 Å². The molecule has 0 aliphatic carbocycles. The maximum Gasteiger partial charge on any atom is 0.355 e. The van der Waals surface area contributed by atoms with Crippen LogP contribution in [0.1, 0.15) is 28.9 Å². The van der Waals surface area contributed by atoms with Gasteiger partial charge in [-0.05, 0) is 59.3 Å². The monoisotopic (exact) mass is 465 g/mol. The Hall–Kier alpha value is -4.41. The van der Waals surface area contributed by atoms with E-state index in [-0.39, 0.29) is 17.2 Å². The van der Waals surface area contributed by atoms with Crippen molar-refractivity contribution in [3.05, 3.63) is 64.9 Å². The average molecular weight is 465 g/mol. The van der Waals surface area contributed by atoms with Crippen LogP contribution in [0.3, 0.4) is 0 Å². The molecule has 0 bridgehead atoms. The first-order chi connectivity index (χ1) is 16.5. The summed E-state index contributed by atoms with van der Waals surface area (Å²) in [6.07, 6.45) is 0.